The Labute approximate surface area is 241 Å². The van der Waals surface area contributed by atoms with Gasteiger partial charge in [-0.15, -0.1) is 0 Å². The lowest BCUT2D eigenvalue weighted by molar-refractivity contribution is -0.891. The van der Waals surface area contributed by atoms with Gasteiger partial charge in [0.05, 0.1) is 52.6 Å². The molecule has 0 atom stereocenters. The average molecular weight is 549 g/mol. The van der Waals surface area contributed by atoms with Crippen molar-refractivity contribution in [3.8, 4) is 0 Å². The summed E-state index contributed by atoms with van der Waals surface area (Å²) in [6, 6.07) is 9.02. The van der Waals surface area contributed by atoms with Crippen LogP contribution >= 0.6 is 0 Å². The fourth-order valence-electron chi connectivity index (χ4n) is 4.86. The van der Waals surface area contributed by atoms with E-state index in [1.54, 1.807) is 12.1 Å². The Balaban J connectivity index is 1.80. The molecule has 0 unspecified atom stereocenters. The number of ether oxygens (including phenoxy) is 3. The van der Waals surface area contributed by atoms with Crippen LogP contribution in [0, 0.1) is 0 Å². The molecule has 0 aromatic heterocycles. The number of hydrogen-bond donors (Lipinski definition) is 0. The summed E-state index contributed by atoms with van der Waals surface area (Å²) in [5.41, 5.74) is 0.566. The van der Waals surface area contributed by atoms with Gasteiger partial charge in [-0.2, -0.15) is 0 Å². The number of unbranched alkanes of at least 4 members (excludes halogenated alkanes) is 16. The fraction of sp³-hybridized carbons (Fsp3) is 0.794. The van der Waals surface area contributed by atoms with Gasteiger partial charge in [0.15, 0.2) is 0 Å². The van der Waals surface area contributed by atoms with Crippen molar-refractivity contribution in [1.82, 2.24) is 0 Å². The maximum absolute atomic E-state index is 11.8. The first-order valence-electron chi connectivity index (χ1n) is 16.2. The van der Waals surface area contributed by atoms with E-state index in [2.05, 4.69) is 21.0 Å². The SMILES string of the molecule is CCCCCCCCCCCCCCCCCCC[N+](C)(C)CCOCCOCCOC(=O)c1ccccc1. The van der Waals surface area contributed by atoms with Gasteiger partial charge in [0.2, 0.25) is 0 Å². The molecule has 0 aliphatic heterocycles. The highest BCUT2D eigenvalue weighted by molar-refractivity contribution is 5.89. The largest absolute Gasteiger partial charge is 0.460 e. The quantitative estimate of drug-likeness (QED) is 0.0597. The number of carbonyl (C=O) groups excluding carboxylic acids is 1. The third kappa shape index (κ3) is 23.0. The van der Waals surface area contributed by atoms with Gasteiger partial charge in [0.25, 0.3) is 0 Å². The van der Waals surface area contributed by atoms with Crippen LogP contribution in [0.4, 0.5) is 0 Å². The van der Waals surface area contributed by atoms with Gasteiger partial charge in [-0.05, 0) is 25.0 Å². The molecule has 0 fully saturated rings. The summed E-state index contributed by atoms with van der Waals surface area (Å²) in [4.78, 5) is 11.8. The van der Waals surface area contributed by atoms with E-state index < -0.39 is 0 Å². The average Bonchev–Trinajstić information content (AvgIpc) is 2.94. The monoisotopic (exact) mass is 548 g/mol. The Morgan fingerprint density at radius 3 is 1.51 bits per heavy atom. The van der Waals surface area contributed by atoms with Crippen LogP contribution in [-0.4, -0.2) is 70.7 Å². The minimum absolute atomic E-state index is 0.261. The standard InChI is InChI=1S/C34H62NO4/c1-4-5-6-7-8-9-10-11-12-13-14-15-16-17-18-19-23-26-35(2,3)27-28-37-29-30-38-31-32-39-34(36)33-24-21-20-22-25-33/h20-22,24-25H,4-19,23,26-32H2,1-3H3/q+1. The second-order valence-corrected chi connectivity index (χ2v) is 11.8. The summed E-state index contributed by atoms with van der Waals surface area (Å²) < 4.78 is 17.5. The Morgan fingerprint density at radius 2 is 1.00 bits per heavy atom. The molecule has 1 aromatic rings. The molecule has 5 nitrogen and oxygen atoms in total. The highest BCUT2D eigenvalue weighted by Gasteiger charge is 2.14. The smallest absolute Gasteiger partial charge is 0.338 e. The predicted octanol–water partition coefficient (Wildman–Crippen LogP) is 8.60. The van der Waals surface area contributed by atoms with Crippen LogP contribution in [0.3, 0.4) is 0 Å². The van der Waals surface area contributed by atoms with Crippen LogP contribution in [-0.2, 0) is 14.2 Å². The van der Waals surface area contributed by atoms with E-state index in [9.17, 15) is 4.79 Å². The lowest BCUT2D eigenvalue weighted by atomic mass is 10.0. The fourth-order valence-corrected chi connectivity index (χ4v) is 4.86. The maximum atomic E-state index is 11.8. The van der Waals surface area contributed by atoms with E-state index in [1.165, 1.54) is 116 Å². The highest BCUT2D eigenvalue weighted by Crippen LogP contribution is 2.14. The number of carbonyl (C=O) groups is 1. The van der Waals surface area contributed by atoms with Crippen molar-refractivity contribution < 1.29 is 23.5 Å². The molecule has 0 heterocycles. The van der Waals surface area contributed by atoms with Gasteiger partial charge in [-0.25, -0.2) is 4.79 Å². The third-order valence-electron chi connectivity index (χ3n) is 7.55. The second-order valence-electron chi connectivity index (χ2n) is 11.8. The highest BCUT2D eigenvalue weighted by atomic mass is 16.6. The summed E-state index contributed by atoms with van der Waals surface area (Å²) >= 11 is 0. The number of benzene rings is 1. The van der Waals surface area contributed by atoms with Crippen LogP contribution in [0.1, 0.15) is 126 Å². The number of nitrogens with zero attached hydrogens (tertiary/aromatic N) is 1. The number of quaternary nitrogens is 1. The van der Waals surface area contributed by atoms with Gasteiger partial charge in [0.1, 0.15) is 13.2 Å². The van der Waals surface area contributed by atoms with Gasteiger partial charge < -0.3 is 18.7 Å². The summed E-state index contributed by atoms with van der Waals surface area (Å²) in [7, 11) is 4.60. The van der Waals surface area contributed by atoms with Crippen molar-refractivity contribution in [3.63, 3.8) is 0 Å². The molecule has 5 heteroatoms. The molecular formula is C34H62NO4+. The topological polar surface area (TPSA) is 44.8 Å². The molecule has 226 valence electrons. The zero-order chi connectivity index (χ0) is 28.3. The van der Waals surface area contributed by atoms with E-state index in [0.717, 1.165) is 17.6 Å². The Kier molecular flexibility index (Phi) is 23.3. The van der Waals surface area contributed by atoms with Gasteiger partial charge in [-0.3, -0.25) is 0 Å². The Morgan fingerprint density at radius 1 is 0.564 bits per heavy atom. The van der Waals surface area contributed by atoms with Crippen molar-refractivity contribution >= 4 is 5.97 Å². The molecular weight excluding hydrogens is 486 g/mol. The molecule has 1 rings (SSSR count). The van der Waals surface area contributed by atoms with E-state index in [0.29, 0.717) is 25.4 Å². The molecule has 0 radical (unpaired) electrons. The first-order valence-corrected chi connectivity index (χ1v) is 16.2. The molecule has 0 N–H and O–H groups in total. The molecule has 1 aromatic carbocycles. The molecule has 0 bridgehead atoms. The molecule has 0 saturated carbocycles. The lowest BCUT2D eigenvalue weighted by Gasteiger charge is -2.29. The number of hydrogen-bond acceptors (Lipinski definition) is 4. The zero-order valence-corrected chi connectivity index (χ0v) is 25.9. The third-order valence-corrected chi connectivity index (χ3v) is 7.55. The van der Waals surface area contributed by atoms with Gasteiger partial charge >= 0.3 is 5.97 Å². The first-order chi connectivity index (χ1) is 19.0. The zero-order valence-electron chi connectivity index (χ0n) is 25.9. The molecule has 0 aliphatic rings. The molecule has 39 heavy (non-hydrogen) atoms. The maximum Gasteiger partial charge on any atom is 0.338 e. The Hall–Kier alpha value is -1.43. The number of esters is 1. The van der Waals surface area contributed by atoms with E-state index in [-0.39, 0.29) is 12.6 Å². The lowest BCUT2D eigenvalue weighted by Crippen LogP contribution is -2.43. The van der Waals surface area contributed by atoms with Gasteiger partial charge in [-0.1, -0.05) is 121 Å². The molecule has 0 saturated heterocycles. The number of likely N-dealkylation sites (N-methyl/N-ethyl adjacent to an activating group) is 1. The Bertz CT molecular complexity index is 664. The van der Waals surface area contributed by atoms with E-state index >= 15 is 0 Å². The van der Waals surface area contributed by atoms with E-state index in [4.69, 9.17) is 14.2 Å². The molecule has 0 aliphatic carbocycles. The van der Waals surface area contributed by atoms with Crippen LogP contribution < -0.4 is 0 Å². The van der Waals surface area contributed by atoms with Crippen molar-refractivity contribution in [3.05, 3.63) is 35.9 Å². The predicted molar refractivity (Wildman–Crippen MR) is 164 cm³/mol. The summed E-state index contributed by atoms with van der Waals surface area (Å²) in [5, 5.41) is 0. The van der Waals surface area contributed by atoms with Crippen LogP contribution in [0.2, 0.25) is 0 Å². The minimum atomic E-state index is -0.310. The van der Waals surface area contributed by atoms with Crippen LogP contribution in [0.5, 0.6) is 0 Å². The minimum Gasteiger partial charge on any atom is -0.460 e. The normalized spacial score (nSPS) is 11.7. The summed E-state index contributed by atoms with van der Waals surface area (Å²) in [6.45, 7) is 7.03. The van der Waals surface area contributed by atoms with Crippen molar-refractivity contribution in [2.75, 3.05) is 60.2 Å². The number of rotatable bonds is 28. The molecule has 0 amide bonds. The molecule has 0 spiro atoms. The van der Waals surface area contributed by atoms with Crippen LogP contribution in [0.25, 0.3) is 0 Å². The summed E-state index contributed by atoms with van der Waals surface area (Å²) in [6.07, 6.45) is 24.1. The first kappa shape index (κ1) is 35.6. The van der Waals surface area contributed by atoms with Gasteiger partial charge in [0, 0.05) is 0 Å². The summed E-state index contributed by atoms with van der Waals surface area (Å²) in [5.74, 6) is -0.310. The van der Waals surface area contributed by atoms with Crippen molar-refractivity contribution in [2.45, 2.75) is 116 Å². The second kappa shape index (κ2) is 25.5. The van der Waals surface area contributed by atoms with Crippen molar-refractivity contribution in [2.24, 2.45) is 0 Å². The van der Waals surface area contributed by atoms with Crippen LogP contribution in [0.15, 0.2) is 30.3 Å². The van der Waals surface area contributed by atoms with E-state index in [1.807, 2.05) is 18.2 Å². The van der Waals surface area contributed by atoms with Crippen molar-refractivity contribution in [1.29, 1.82) is 0 Å².